The zero-order chi connectivity index (χ0) is 14.8. The molecule has 1 aliphatic carbocycles. The third-order valence-corrected chi connectivity index (χ3v) is 4.21. The summed E-state index contributed by atoms with van der Waals surface area (Å²) in [6.45, 7) is 2.75. The molecule has 0 aromatic carbocycles. The molecule has 4 heteroatoms. The predicted molar refractivity (Wildman–Crippen MR) is 79.6 cm³/mol. The van der Waals surface area contributed by atoms with Crippen LogP contribution in [-0.4, -0.2) is 34.5 Å². The number of aliphatic carboxylic acids is 1. The molecule has 1 fully saturated rings. The SMILES string of the molecule is CCCCCCN(C(=O)C(=O)O)C1CCCCCCC1. The number of unbranched alkanes of at least 4 members (excludes halogenated alkanes) is 3. The van der Waals surface area contributed by atoms with Crippen LogP contribution in [0.3, 0.4) is 0 Å². The Bertz CT molecular complexity index is 296. The zero-order valence-electron chi connectivity index (χ0n) is 12.8. The highest BCUT2D eigenvalue weighted by atomic mass is 16.4. The molecule has 0 bridgehead atoms. The van der Waals surface area contributed by atoms with Crippen LogP contribution in [0.15, 0.2) is 0 Å². The molecule has 20 heavy (non-hydrogen) atoms. The van der Waals surface area contributed by atoms with Crippen LogP contribution in [0.2, 0.25) is 0 Å². The first-order valence-corrected chi connectivity index (χ1v) is 8.20. The minimum Gasteiger partial charge on any atom is -0.474 e. The van der Waals surface area contributed by atoms with Crippen molar-refractivity contribution in [3.05, 3.63) is 0 Å². The van der Waals surface area contributed by atoms with Gasteiger partial charge in [-0.15, -0.1) is 0 Å². The minimum atomic E-state index is -1.30. The van der Waals surface area contributed by atoms with Gasteiger partial charge in [0, 0.05) is 12.6 Å². The Morgan fingerprint density at radius 2 is 1.60 bits per heavy atom. The summed E-state index contributed by atoms with van der Waals surface area (Å²) in [7, 11) is 0. The van der Waals surface area contributed by atoms with E-state index < -0.39 is 11.9 Å². The fourth-order valence-electron chi connectivity index (χ4n) is 3.03. The molecule has 1 amide bonds. The maximum atomic E-state index is 11.9. The Morgan fingerprint density at radius 3 is 2.15 bits per heavy atom. The Hall–Kier alpha value is -1.06. The molecule has 116 valence electrons. The van der Waals surface area contributed by atoms with Crippen LogP contribution < -0.4 is 0 Å². The van der Waals surface area contributed by atoms with Crippen molar-refractivity contribution in [3.8, 4) is 0 Å². The van der Waals surface area contributed by atoms with Crippen LogP contribution in [0.1, 0.15) is 77.6 Å². The number of hydrogen-bond donors (Lipinski definition) is 1. The van der Waals surface area contributed by atoms with E-state index in [-0.39, 0.29) is 6.04 Å². The predicted octanol–water partition coefficient (Wildman–Crippen LogP) is 3.59. The summed E-state index contributed by atoms with van der Waals surface area (Å²) in [4.78, 5) is 24.6. The van der Waals surface area contributed by atoms with E-state index in [1.54, 1.807) is 4.90 Å². The third kappa shape index (κ3) is 5.93. The number of carboxylic acid groups (broad SMARTS) is 1. The van der Waals surface area contributed by atoms with Crippen LogP contribution in [0, 0.1) is 0 Å². The van der Waals surface area contributed by atoms with Gasteiger partial charge < -0.3 is 10.0 Å². The van der Waals surface area contributed by atoms with Crippen LogP contribution in [0.5, 0.6) is 0 Å². The smallest absolute Gasteiger partial charge is 0.394 e. The Kier molecular flexibility index (Phi) is 8.31. The number of amides is 1. The standard InChI is InChI=1S/C16H29NO3/c1-2-3-4-10-13-17(15(18)16(19)20)14-11-8-6-5-7-9-12-14/h14H,2-13H2,1H3,(H,19,20). The summed E-state index contributed by atoms with van der Waals surface area (Å²) in [6, 6.07) is 0.139. The lowest BCUT2D eigenvalue weighted by atomic mass is 9.95. The summed E-state index contributed by atoms with van der Waals surface area (Å²) in [5.74, 6) is -2.00. The maximum Gasteiger partial charge on any atom is 0.394 e. The van der Waals surface area contributed by atoms with Crippen LogP contribution >= 0.6 is 0 Å². The van der Waals surface area contributed by atoms with E-state index in [4.69, 9.17) is 5.11 Å². The summed E-state index contributed by atoms with van der Waals surface area (Å²) < 4.78 is 0. The lowest BCUT2D eigenvalue weighted by Crippen LogP contribution is -2.44. The quantitative estimate of drug-likeness (QED) is 0.598. The van der Waals surface area contributed by atoms with Crippen LogP contribution in [0.4, 0.5) is 0 Å². The number of carbonyl (C=O) groups is 2. The number of hydrogen-bond acceptors (Lipinski definition) is 2. The van der Waals surface area contributed by atoms with E-state index in [0.29, 0.717) is 6.54 Å². The van der Waals surface area contributed by atoms with Crippen molar-refractivity contribution in [2.24, 2.45) is 0 Å². The number of carboxylic acids is 1. The van der Waals surface area contributed by atoms with Gasteiger partial charge in [0.05, 0.1) is 0 Å². The molecule has 1 saturated carbocycles. The van der Waals surface area contributed by atoms with Crippen molar-refractivity contribution in [1.29, 1.82) is 0 Å². The van der Waals surface area contributed by atoms with Crippen molar-refractivity contribution >= 4 is 11.9 Å². The van der Waals surface area contributed by atoms with Gasteiger partial charge >= 0.3 is 11.9 Å². The first-order valence-electron chi connectivity index (χ1n) is 8.20. The van der Waals surface area contributed by atoms with E-state index >= 15 is 0 Å². The lowest BCUT2D eigenvalue weighted by molar-refractivity contribution is -0.157. The fourth-order valence-corrected chi connectivity index (χ4v) is 3.03. The van der Waals surface area contributed by atoms with Gasteiger partial charge in [-0.3, -0.25) is 4.79 Å². The molecule has 1 aliphatic rings. The highest BCUT2D eigenvalue weighted by Crippen LogP contribution is 2.22. The average Bonchev–Trinajstić information content (AvgIpc) is 2.39. The average molecular weight is 283 g/mol. The minimum absolute atomic E-state index is 0.139. The largest absolute Gasteiger partial charge is 0.474 e. The van der Waals surface area contributed by atoms with Crippen molar-refractivity contribution < 1.29 is 14.7 Å². The molecule has 1 rings (SSSR count). The van der Waals surface area contributed by atoms with Crippen molar-refractivity contribution in [2.75, 3.05) is 6.54 Å². The molecule has 0 heterocycles. The van der Waals surface area contributed by atoms with Gasteiger partial charge in [-0.05, 0) is 19.3 Å². The van der Waals surface area contributed by atoms with Gasteiger partial charge in [-0.25, -0.2) is 4.79 Å². The molecule has 0 unspecified atom stereocenters. The molecule has 0 atom stereocenters. The monoisotopic (exact) mass is 283 g/mol. The molecule has 1 N–H and O–H groups in total. The highest BCUT2D eigenvalue weighted by molar-refractivity contribution is 6.31. The number of carbonyl (C=O) groups excluding carboxylic acids is 1. The second-order valence-electron chi connectivity index (χ2n) is 5.86. The van der Waals surface area contributed by atoms with Gasteiger partial charge in [0.25, 0.3) is 0 Å². The first-order chi connectivity index (χ1) is 9.66. The van der Waals surface area contributed by atoms with Gasteiger partial charge in [0.2, 0.25) is 0 Å². The van der Waals surface area contributed by atoms with Gasteiger partial charge in [0.15, 0.2) is 0 Å². The molecule has 0 saturated heterocycles. The molecular formula is C16H29NO3. The van der Waals surface area contributed by atoms with Crippen molar-refractivity contribution in [3.63, 3.8) is 0 Å². The van der Waals surface area contributed by atoms with Gasteiger partial charge in [0.1, 0.15) is 0 Å². The van der Waals surface area contributed by atoms with Crippen LogP contribution in [0.25, 0.3) is 0 Å². The lowest BCUT2D eigenvalue weighted by Gasteiger charge is -2.32. The van der Waals surface area contributed by atoms with E-state index in [2.05, 4.69) is 6.92 Å². The van der Waals surface area contributed by atoms with E-state index in [0.717, 1.165) is 51.4 Å². The summed E-state index contributed by atoms with van der Waals surface area (Å²) in [5, 5.41) is 9.02. The first kappa shape index (κ1) is 17.0. The molecule has 0 radical (unpaired) electrons. The topological polar surface area (TPSA) is 57.6 Å². The molecule has 0 spiro atoms. The maximum absolute atomic E-state index is 11.9. The summed E-state index contributed by atoms with van der Waals surface area (Å²) in [6.07, 6.45) is 12.1. The Morgan fingerprint density at radius 1 is 1.00 bits per heavy atom. The molecule has 0 aromatic heterocycles. The second-order valence-corrected chi connectivity index (χ2v) is 5.86. The fraction of sp³-hybridized carbons (Fsp3) is 0.875. The van der Waals surface area contributed by atoms with Gasteiger partial charge in [-0.1, -0.05) is 58.3 Å². The Labute approximate surface area is 122 Å². The summed E-state index contributed by atoms with van der Waals surface area (Å²) >= 11 is 0. The molecular weight excluding hydrogens is 254 g/mol. The highest BCUT2D eigenvalue weighted by Gasteiger charge is 2.27. The second kappa shape index (κ2) is 9.78. The Balaban J connectivity index is 2.58. The third-order valence-electron chi connectivity index (χ3n) is 4.21. The van der Waals surface area contributed by atoms with Crippen molar-refractivity contribution in [1.82, 2.24) is 4.90 Å². The number of nitrogens with zero attached hydrogens (tertiary/aromatic N) is 1. The zero-order valence-corrected chi connectivity index (χ0v) is 12.8. The molecule has 0 aromatic rings. The molecule has 0 aliphatic heterocycles. The van der Waals surface area contributed by atoms with Crippen LogP contribution in [-0.2, 0) is 9.59 Å². The number of rotatable bonds is 6. The normalized spacial score (nSPS) is 17.2. The van der Waals surface area contributed by atoms with Gasteiger partial charge in [-0.2, -0.15) is 0 Å². The van der Waals surface area contributed by atoms with E-state index in [1.807, 2.05) is 0 Å². The van der Waals surface area contributed by atoms with Crippen molar-refractivity contribution in [2.45, 2.75) is 83.6 Å². The summed E-state index contributed by atoms with van der Waals surface area (Å²) in [5.41, 5.74) is 0. The van der Waals surface area contributed by atoms with E-state index in [9.17, 15) is 9.59 Å². The van der Waals surface area contributed by atoms with E-state index in [1.165, 1.54) is 19.3 Å². The molecule has 4 nitrogen and oxygen atoms in total.